The summed E-state index contributed by atoms with van der Waals surface area (Å²) < 4.78 is 0. The van der Waals surface area contributed by atoms with Crippen molar-refractivity contribution in [2.75, 3.05) is 0 Å². The Balaban J connectivity index is 2.33. The van der Waals surface area contributed by atoms with Crippen molar-refractivity contribution in [3.63, 3.8) is 0 Å². The molecule has 0 spiro atoms. The van der Waals surface area contributed by atoms with Crippen molar-refractivity contribution in [2.45, 2.75) is 13.8 Å². The molecule has 4 atom stereocenters. The second kappa shape index (κ2) is 2.58. The van der Waals surface area contributed by atoms with Crippen molar-refractivity contribution < 1.29 is 4.79 Å². The van der Waals surface area contributed by atoms with Crippen LogP contribution in [-0.2, 0) is 4.79 Å². The number of rotatable bonds is 0. The molecule has 1 fully saturated rings. The van der Waals surface area contributed by atoms with Gasteiger partial charge in [-0.3, -0.25) is 4.79 Å². The molecule has 2 aliphatic rings. The topological polar surface area (TPSA) is 17.1 Å². The highest BCUT2D eigenvalue weighted by Crippen LogP contribution is 2.41. The summed E-state index contributed by atoms with van der Waals surface area (Å²) >= 11 is 0. The maximum Gasteiger partial charge on any atom is 0.143 e. The highest BCUT2D eigenvalue weighted by atomic mass is 16.1. The summed E-state index contributed by atoms with van der Waals surface area (Å²) in [4.78, 5) is 11.7. The molecule has 0 amide bonds. The fourth-order valence-corrected chi connectivity index (χ4v) is 2.31. The minimum absolute atomic E-state index is 0.181. The van der Waals surface area contributed by atoms with Crippen LogP contribution in [0.1, 0.15) is 13.8 Å². The molecular weight excluding hydrogens is 148 g/mol. The first-order valence-electron chi connectivity index (χ1n) is 4.60. The number of allylic oxidation sites excluding steroid dienone is 4. The largest absolute Gasteiger partial charge is 0.299 e. The van der Waals surface area contributed by atoms with Gasteiger partial charge < -0.3 is 0 Å². The molecule has 2 unspecified atom stereocenters. The maximum absolute atomic E-state index is 11.7. The smallest absolute Gasteiger partial charge is 0.143 e. The second-order valence-corrected chi connectivity index (χ2v) is 3.92. The molecule has 0 N–H and O–H groups in total. The van der Waals surface area contributed by atoms with Crippen LogP contribution in [0.4, 0.5) is 0 Å². The zero-order chi connectivity index (χ0) is 8.72. The van der Waals surface area contributed by atoms with E-state index in [0.29, 0.717) is 17.6 Å². The van der Waals surface area contributed by atoms with Gasteiger partial charge >= 0.3 is 0 Å². The Kier molecular flexibility index (Phi) is 1.67. The lowest BCUT2D eigenvalue weighted by Gasteiger charge is -2.17. The van der Waals surface area contributed by atoms with Gasteiger partial charge in [-0.1, -0.05) is 38.2 Å². The molecule has 12 heavy (non-hydrogen) atoms. The fourth-order valence-electron chi connectivity index (χ4n) is 2.31. The van der Waals surface area contributed by atoms with E-state index in [-0.39, 0.29) is 11.8 Å². The van der Waals surface area contributed by atoms with Crippen LogP contribution in [0.25, 0.3) is 0 Å². The predicted molar refractivity (Wildman–Crippen MR) is 48.6 cm³/mol. The Morgan fingerprint density at radius 2 is 1.83 bits per heavy atom. The third-order valence-electron chi connectivity index (χ3n) is 3.35. The van der Waals surface area contributed by atoms with E-state index >= 15 is 0 Å². The SMILES string of the molecule is C[C@@H]1C(=O)C2C=CC=CC2[C@H]1C. The lowest BCUT2D eigenvalue weighted by Crippen LogP contribution is -2.14. The Labute approximate surface area is 73.2 Å². The molecule has 0 aliphatic heterocycles. The quantitative estimate of drug-likeness (QED) is 0.533. The molecule has 0 radical (unpaired) electrons. The summed E-state index contributed by atoms with van der Waals surface area (Å²) in [5.41, 5.74) is 0. The molecule has 0 aromatic heterocycles. The lowest BCUT2D eigenvalue weighted by molar-refractivity contribution is -0.122. The number of ketones is 1. The number of hydrogen-bond acceptors (Lipinski definition) is 1. The summed E-state index contributed by atoms with van der Waals surface area (Å²) in [6, 6.07) is 0. The average molecular weight is 162 g/mol. The number of Topliss-reactive ketones (excluding diaryl/α,β-unsaturated/α-hetero) is 1. The molecule has 2 rings (SSSR count). The van der Waals surface area contributed by atoms with Crippen LogP contribution in [0, 0.1) is 23.7 Å². The number of carbonyl (C=O) groups is 1. The Bertz CT molecular complexity index is 262. The molecule has 0 saturated heterocycles. The van der Waals surface area contributed by atoms with Crippen LogP contribution >= 0.6 is 0 Å². The summed E-state index contributed by atoms with van der Waals surface area (Å²) in [5.74, 6) is 1.83. The van der Waals surface area contributed by atoms with E-state index < -0.39 is 0 Å². The van der Waals surface area contributed by atoms with Crippen molar-refractivity contribution in [3.05, 3.63) is 24.3 Å². The minimum atomic E-state index is 0.181. The monoisotopic (exact) mass is 162 g/mol. The predicted octanol–water partition coefficient (Wildman–Crippen LogP) is 2.20. The van der Waals surface area contributed by atoms with Crippen LogP contribution in [0.15, 0.2) is 24.3 Å². The van der Waals surface area contributed by atoms with Gasteiger partial charge in [0.1, 0.15) is 5.78 Å². The summed E-state index contributed by atoms with van der Waals surface area (Å²) in [6.45, 7) is 4.23. The number of hydrogen-bond donors (Lipinski definition) is 0. The summed E-state index contributed by atoms with van der Waals surface area (Å²) in [7, 11) is 0. The van der Waals surface area contributed by atoms with E-state index in [0.717, 1.165) is 0 Å². The van der Waals surface area contributed by atoms with Gasteiger partial charge in [0.15, 0.2) is 0 Å². The molecular formula is C11H14O. The van der Waals surface area contributed by atoms with Gasteiger partial charge in [0.25, 0.3) is 0 Å². The molecule has 0 heterocycles. The van der Waals surface area contributed by atoms with Crippen molar-refractivity contribution >= 4 is 5.78 Å². The first kappa shape index (κ1) is 7.78. The highest BCUT2D eigenvalue weighted by molar-refractivity contribution is 5.88. The average Bonchev–Trinajstić information content (AvgIpc) is 2.33. The third kappa shape index (κ3) is 0.889. The van der Waals surface area contributed by atoms with Gasteiger partial charge in [-0.2, -0.15) is 0 Å². The minimum Gasteiger partial charge on any atom is -0.299 e. The van der Waals surface area contributed by atoms with E-state index in [1.54, 1.807) is 0 Å². The molecule has 0 bridgehead atoms. The first-order chi connectivity index (χ1) is 5.72. The van der Waals surface area contributed by atoms with Gasteiger partial charge in [-0.25, -0.2) is 0 Å². The van der Waals surface area contributed by atoms with Crippen molar-refractivity contribution in [1.29, 1.82) is 0 Å². The molecule has 2 aliphatic carbocycles. The molecule has 1 saturated carbocycles. The molecule has 1 heteroatoms. The van der Waals surface area contributed by atoms with Gasteiger partial charge in [-0.15, -0.1) is 0 Å². The lowest BCUT2D eigenvalue weighted by atomic mass is 9.86. The van der Waals surface area contributed by atoms with Gasteiger partial charge in [-0.05, 0) is 11.8 Å². The van der Waals surface area contributed by atoms with E-state index in [4.69, 9.17) is 0 Å². The van der Waals surface area contributed by atoms with E-state index in [9.17, 15) is 4.79 Å². The fraction of sp³-hybridized carbons (Fsp3) is 0.545. The third-order valence-corrected chi connectivity index (χ3v) is 3.35. The standard InChI is InChI=1S/C11H14O/c1-7-8(2)11(12)10-6-4-3-5-9(7)10/h3-10H,1-2H3/t7-,8-,9?,10?/m0/s1. The van der Waals surface area contributed by atoms with E-state index in [2.05, 4.69) is 19.1 Å². The van der Waals surface area contributed by atoms with Crippen LogP contribution in [0.3, 0.4) is 0 Å². The van der Waals surface area contributed by atoms with Crippen LogP contribution in [0.2, 0.25) is 0 Å². The Morgan fingerprint density at radius 1 is 1.17 bits per heavy atom. The Morgan fingerprint density at radius 3 is 2.50 bits per heavy atom. The summed E-state index contributed by atoms with van der Waals surface area (Å²) in [5, 5.41) is 0. The summed E-state index contributed by atoms with van der Waals surface area (Å²) in [6.07, 6.45) is 8.27. The van der Waals surface area contributed by atoms with Crippen LogP contribution < -0.4 is 0 Å². The van der Waals surface area contributed by atoms with Crippen molar-refractivity contribution in [2.24, 2.45) is 23.7 Å². The van der Waals surface area contributed by atoms with E-state index in [1.165, 1.54) is 0 Å². The van der Waals surface area contributed by atoms with E-state index in [1.807, 2.05) is 19.1 Å². The second-order valence-electron chi connectivity index (χ2n) is 3.92. The highest BCUT2D eigenvalue weighted by Gasteiger charge is 2.43. The van der Waals surface area contributed by atoms with Gasteiger partial charge in [0.05, 0.1) is 0 Å². The zero-order valence-corrected chi connectivity index (χ0v) is 7.53. The maximum atomic E-state index is 11.7. The van der Waals surface area contributed by atoms with Crippen LogP contribution in [0.5, 0.6) is 0 Å². The molecule has 0 aromatic rings. The normalized spacial score (nSPS) is 45.0. The first-order valence-corrected chi connectivity index (χ1v) is 4.60. The zero-order valence-electron chi connectivity index (χ0n) is 7.53. The number of fused-ring (bicyclic) bond motifs is 1. The van der Waals surface area contributed by atoms with Gasteiger partial charge in [0.2, 0.25) is 0 Å². The molecule has 0 aromatic carbocycles. The van der Waals surface area contributed by atoms with Crippen LogP contribution in [-0.4, -0.2) is 5.78 Å². The molecule has 1 nitrogen and oxygen atoms in total. The number of carbonyl (C=O) groups excluding carboxylic acids is 1. The van der Waals surface area contributed by atoms with Crippen molar-refractivity contribution in [3.8, 4) is 0 Å². The Hall–Kier alpha value is -0.850. The van der Waals surface area contributed by atoms with Gasteiger partial charge in [0, 0.05) is 11.8 Å². The molecule has 64 valence electrons. The van der Waals surface area contributed by atoms with Crippen molar-refractivity contribution in [1.82, 2.24) is 0 Å².